The Balaban J connectivity index is 1.52. The van der Waals surface area contributed by atoms with E-state index in [1.807, 2.05) is 26.2 Å². The maximum absolute atomic E-state index is 9.31. The first-order valence-electron chi connectivity index (χ1n) is 10.1. The summed E-state index contributed by atoms with van der Waals surface area (Å²) in [5.74, 6) is 2.39. The number of rotatable bonds is 7. The Labute approximate surface area is 177 Å². The van der Waals surface area contributed by atoms with E-state index in [4.69, 9.17) is 0 Å². The van der Waals surface area contributed by atoms with Crippen molar-refractivity contribution in [3.63, 3.8) is 0 Å². The van der Waals surface area contributed by atoms with E-state index in [0.29, 0.717) is 16.8 Å². The molecule has 0 aliphatic carbocycles. The van der Waals surface area contributed by atoms with Gasteiger partial charge in [0.2, 0.25) is 0 Å². The molecule has 2 aromatic heterocycles. The molecule has 1 saturated heterocycles. The van der Waals surface area contributed by atoms with Crippen molar-refractivity contribution in [3.05, 3.63) is 35.5 Å². The van der Waals surface area contributed by atoms with Crippen molar-refractivity contribution in [2.75, 3.05) is 43.9 Å². The van der Waals surface area contributed by atoms with Gasteiger partial charge in [-0.25, -0.2) is 15.0 Å². The van der Waals surface area contributed by atoms with E-state index >= 15 is 0 Å². The van der Waals surface area contributed by atoms with Crippen LogP contribution in [-0.4, -0.2) is 63.8 Å². The van der Waals surface area contributed by atoms with Gasteiger partial charge in [0.15, 0.2) is 5.16 Å². The van der Waals surface area contributed by atoms with Gasteiger partial charge < -0.3 is 9.80 Å². The molecule has 3 heterocycles. The lowest BCUT2D eigenvalue weighted by Gasteiger charge is -2.33. The highest BCUT2D eigenvalue weighted by Crippen LogP contribution is 2.24. The smallest absolute Gasteiger partial charge is 0.188 e. The van der Waals surface area contributed by atoms with Gasteiger partial charge in [-0.15, -0.1) is 0 Å². The van der Waals surface area contributed by atoms with Crippen LogP contribution in [0.4, 0.5) is 5.82 Å². The van der Waals surface area contributed by atoms with E-state index in [1.54, 1.807) is 18.0 Å². The molecule has 1 atom stereocenters. The molecule has 0 saturated carbocycles. The summed E-state index contributed by atoms with van der Waals surface area (Å²) in [5.41, 5.74) is 2.40. The fourth-order valence-corrected chi connectivity index (χ4v) is 4.15. The van der Waals surface area contributed by atoms with Crippen molar-refractivity contribution in [3.8, 4) is 6.07 Å². The average Bonchev–Trinajstić information content (AvgIpc) is 2.74. The first-order valence-corrected chi connectivity index (χ1v) is 11.1. The molecule has 0 amide bonds. The van der Waals surface area contributed by atoms with Gasteiger partial charge in [0.25, 0.3) is 0 Å². The van der Waals surface area contributed by atoms with Crippen molar-refractivity contribution >= 4 is 17.6 Å². The number of hydrogen-bond donors (Lipinski definition) is 0. The molecule has 0 spiro atoms. The Morgan fingerprint density at radius 2 is 1.83 bits per heavy atom. The summed E-state index contributed by atoms with van der Waals surface area (Å²) in [6, 6.07) is 2.19. The monoisotopic (exact) mass is 411 g/mol. The number of likely N-dealkylation sites (N-methyl/N-ethyl adjacent to an activating group) is 1. The van der Waals surface area contributed by atoms with Crippen molar-refractivity contribution in [1.29, 1.82) is 5.26 Å². The molecule has 1 fully saturated rings. The van der Waals surface area contributed by atoms with Gasteiger partial charge in [-0.1, -0.05) is 32.5 Å². The first kappa shape index (κ1) is 21.5. The molecule has 0 bridgehead atoms. The van der Waals surface area contributed by atoms with Crippen LogP contribution in [0.3, 0.4) is 0 Å². The second-order valence-corrected chi connectivity index (χ2v) is 8.91. The van der Waals surface area contributed by atoms with Crippen LogP contribution in [0.25, 0.3) is 0 Å². The lowest BCUT2D eigenvalue weighted by Crippen LogP contribution is -2.44. The van der Waals surface area contributed by atoms with Gasteiger partial charge in [-0.3, -0.25) is 4.98 Å². The van der Waals surface area contributed by atoms with E-state index < -0.39 is 0 Å². The summed E-state index contributed by atoms with van der Waals surface area (Å²) in [4.78, 5) is 22.7. The second-order valence-electron chi connectivity index (χ2n) is 7.85. The number of anilines is 1. The number of aromatic nitrogens is 4. The predicted molar refractivity (Wildman–Crippen MR) is 116 cm³/mol. The molecular formula is C21H29N7S. The Morgan fingerprint density at radius 1 is 1.07 bits per heavy atom. The van der Waals surface area contributed by atoms with Crippen molar-refractivity contribution in [1.82, 2.24) is 24.8 Å². The normalized spacial score (nSPS) is 16.1. The van der Waals surface area contributed by atoms with Crippen LogP contribution in [0.2, 0.25) is 0 Å². The van der Waals surface area contributed by atoms with Gasteiger partial charge in [0.05, 0.1) is 18.1 Å². The predicted octanol–water partition coefficient (Wildman–Crippen LogP) is 3.30. The van der Waals surface area contributed by atoms with Crippen LogP contribution in [0, 0.1) is 11.3 Å². The molecule has 3 rings (SSSR count). The quantitative estimate of drug-likeness (QED) is 0.507. The number of hydrogen-bond acceptors (Lipinski definition) is 8. The average molecular weight is 412 g/mol. The van der Waals surface area contributed by atoms with E-state index in [-0.39, 0.29) is 5.92 Å². The van der Waals surface area contributed by atoms with E-state index in [1.165, 1.54) is 0 Å². The molecule has 7 nitrogen and oxygen atoms in total. The number of nitrogens with zero attached hydrogens (tertiary/aromatic N) is 7. The minimum Gasteiger partial charge on any atom is -0.353 e. The SMILES string of the molecule is CC(C)c1cnc(SCC[C@H](C)c2cnc(N3CCN(C)CC3)cn2)nc1C#N. The summed E-state index contributed by atoms with van der Waals surface area (Å²) in [7, 11) is 2.15. The first-order chi connectivity index (χ1) is 14.0. The molecule has 154 valence electrons. The Morgan fingerprint density at radius 3 is 2.45 bits per heavy atom. The third-order valence-corrected chi connectivity index (χ3v) is 6.19. The molecule has 8 heteroatoms. The Hall–Kier alpha value is -2.24. The Bertz CT molecular complexity index is 839. The number of piperazine rings is 1. The van der Waals surface area contributed by atoms with Gasteiger partial charge in [0.1, 0.15) is 17.6 Å². The summed E-state index contributed by atoms with van der Waals surface area (Å²) >= 11 is 1.59. The van der Waals surface area contributed by atoms with Crippen LogP contribution < -0.4 is 4.90 Å². The highest BCUT2D eigenvalue weighted by molar-refractivity contribution is 7.99. The largest absolute Gasteiger partial charge is 0.353 e. The van der Waals surface area contributed by atoms with Gasteiger partial charge >= 0.3 is 0 Å². The van der Waals surface area contributed by atoms with Crippen LogP contribution in [0.15, 0.2) is 23.7 Å². The highest BCUT2D eigenvalue weighted by Gasteiger charge is 2.16. The molecule has 0 N–H and O–H groups in total. The van der Waals surface area contributed by atoms with Gasteiger partial charge in [0, 0.05) is 49.6 Å². The van der Waals surface area contributed by atoms with Crippen LogP contribution in [-0.2, 0) is 0 Å². The molecule has 0 aromatic carbocycles. The van der Waals surface area contributed by atoms with E-state index in [2.05, 4.69) is 49.8 Å². The van der Waals surface area contributed by atoms with Crippen LogP contribution in [0.1, 0.15) is 56.0 Å². The number of thioether (sulfide) groups is 1. The lowest BCUT2D eigenvalue weighted by molar-refractivity contribution is 0.312. The van der Waals surface area contributed by atoms with Gasteiger partial charge in [-0.2, -0.15) is 5.26 Å². The minimum absolute atomic E-state index is 0.246. The van der Waals surface area contributed by atoms with E-state index in [9.17, 15) is 5.26 Å². The fourth-order valence-electron chi connectivity index (χ4n) is 3.22. The maximum Gasteiger partial charge on any atom is 0.188 e. The fraction of sp³-hybridized carbons (Fsp3) is 0.571. The van der Waals surface area contributed by atoms with Crippen LogP contribution in [0.5, 0.6) is 0 Å². The lowest BCUT2D eigenvalue weighted by atomic mass is 10.0. The summed E-state index contributed by atoms with van der Waals surface area (Å²) in [5, 5.41) is 9.97. The van der Waals surface area contributed by atoms with Crippen molar-refractivity contribution < 1.29 is 0 Å². The molecule has 2 aromatic rings. The molecule has 1 aliphatic heterocycles. The summed E-state index contributed by atoms with van der Waals surface area (Å²) < 4.78 is 0. The van der Waals surface area contributed by atoms with Crippen LogP contribution >= 0.6 is 11.8 Å². The molecule has 1 aliphatic rings. The number of nitriles is 1. The topological polar surface area (TPSA) is 81.8 Å². The molecule has 0 radical (unpaired) electrons. The molecular weight excluding hydrogens is 382 g/mol. The minimum atomic E-state index is 0.246. The van der Waals surface area contributed by atoms with Crippen molar-refractivity contribution in [2.45, 2.75) is 44.2 Å². The van der Waals surface area contributed by atoms with Gasteiger partial charge in [-0.05, 0) is 19.4 Å². The van der Waals surface area contributed by atoms with Crippen molar-refractivity contribution in [2.24, 2.45) is 0 Å². The third-order valence-electron chi connectivity index (χ3n) is 5.30. The molecule has 0 unspecified atom stereocenters. The third kappa shape index (κ3) is 5.64. The second kappa shape index (κ2) is 9.99. The zero-order chi connectivity index (χ0) is 20.8. The standard InChI is InChI=1S/C21H29N7S/c1-15(2)17-12-25-21(26-18(17)11-22)29-10-5-16(3)19-13-24-20(14-23-19)28-8-6-27(4)7-9-28/h12-16H,5-10H2,1-4H3/t16-/m0/s1. The highest BCUT2D eigenvalue weighted by atomic mass is 32.2. The maximum atomic E-state index is 9.31. The van der Waals surface area contributed by atoms with E-state index in [0.717, 1.165) is 55.4 Å². The summed E-state index contributed by atoms with van der Waals surface area (Å²) in [6.45, 7) is 10.4. The molecule has 29 heavy (non-hydrogen) atoms. The zero-order valence-electron chi connectivity index (χ0n) is 17.7. The Kier molecular flexibility index (Phi) is 7.40. The zero-order valence-corrected chi connectivity index (χ0v) is 18.5. The summed E-state index contributed by atoms with van der Waals surface area (Å²) in [6.07, 6.45) is 6.54.